The molecule has 0 amide bonds. The van der Waals surface area contributed by atoms with Gasteiger partial charge >= 0.3 is 5.63 Å². The smallest absolute Gasteiger partial charge is 0.339 e. The van der Waals surface area contributed by atoms with E-state index in [9.17, 15) is 9.90 Å². The highest BCUT2D eigenvalue weighted by Gasteiger charge is 2.20. The highest BCUT2D eigenvalue weighted by atomic mass is 16.5. The molecule has 1 aromatic rings. The van der Waals surface area contributed by atoms with Crippen molar-refractivity contribution < 1.29 is 24.5 Å². The van der Waals surface area contributed by atoms with E-state index >= 15 is 0 Å². The van der Waals surface area contributed by atoms with Crippen LogP contribution in [0.4, 0.5) is 0 Å². The second kappa shape index (κ2) is 4.92. The minimum atomic E-state index is -1.26. The first-order valence-electron chi connectivity index (χ1n) is 4.24. The van der Waals surface area contributed by atoms with Crippen molar-refractivity contribution in [3.8, 4) is 5.75 Å². The number of hydrogen-bond acceptors (Lipinski definition) is 6. The van der Waals surface area contributed by atoms with E-state index in [4.69, 9.17) is 14.9 Å². The molecule has 0 fully saturated rings. The molecule has 1 rings (SSSR count). The van der Waals surface area contributed by atoms with E-state index in [1.165, 1.54) is 7.11 Å². The Morgan fingerprint density at radius 2 is 2.20 bits per heavy atom. The van der Waals surface area contributed by atoms with Crippen LogP contribution in [-0.4, -0.2) is 29.0 Å². The van der Waals surface area contributed by atoms with Gasteiger partial charge in [-0.25, -0.2) is 4.79 Å². The van der Waals surface area contributed by atoms with Gasteiger partial charge in [0.2, 0.25) is 0 Å². The topological polar surface area (TPSA) is 100 Å². The van der Waals surface area contributed by atoms with Crippen LogP contribution in [0.15, 0.2) is 15.3 Å². The zero-order valence-electron chi connectivity index (χ0n) is 8.14. The molecule has 3 N–H and O–H groups in total. The number of ether oxygens (including phenoxy) is 1. The molecule has 1 heterocycles. The zero-order valence-corrected chi connectivity index (χ0v) is 8.14. The van der Waals surface area contributed by atoms with E-state index in [2.05, 4.69) is 4.42 Å². The molecule has 1 aromatic heterocycles. The molecule has 0 radical (unpaired) electrons. The number of aliphatic hydroxyl groups is 3. The Bertz CT molecular complexity index is 354. The lowest BCUT2D eigenvalue weighted by atomic mass is 10.1. The van der Waals surface area contributed by atoms with Crippen LogP contribution in [0.3, 0.4) is 0 Å². The van der Waals surface area contributed by atoms with Gasteiger partial charge in [-0.2, -0.15) is 0 Å². The Balaban J connectivity index is 3.36. The van der Waals surface area contributed by atoms with Crippen molar-refractivity contribution in [2.24, 2.45) is 0 Å². The van der Waals surface area contributed by atoms with Crippen LogP contribution < -0.4 is 10.4 Å². The largest absolute Gasteiger partial charge is 0.496 e. The third-order valence-corrected chi connectivity index (χ3v) is 1.91. The summed E-state index contributed by atoms with van der Waals surface area (Å²) in [5.74, 6) is -0.0299. The van der Waals surface area contributed by atoms with Crippen LogP contribution in [-0.2, 0) is 6.61 Å². The van der Waals surface area contributed by atoms with Crippen LogP contribution in [0.5, 0.6) is 5.75 Å². The Hall–Kier alpha value is -1.37. The van der Waals surface area contributed by atoms with Gasteiger partial charge in [0.1, 0.15) is 24.2 Å². The standard InChI is InChI=1S/C9H12O6/c1-14-6-2-8(13)15-7(4-11)9(6)5(12)3-10/h2,5,10-12H,3-4H2,1H3/t5-/m1/s1. The third-order valence-electron chi connectivity index (χ3n) is 1.91. The molecule has 0 spiro atoms. The number of hydrogen-bond donors (Lipinski definition) is 3. The first kappa shape index (κ1) is 11.7. The van der Waals surface area contributed by atoms with Gasteiger partial charge in [-0.1, -0.05) is 0 Å². The minimum Gasteiger partial charge on any atom is -0.496 e. The molecule has 1 atom stereocenters. The fourth-order valence-electron chi connectivity index (χ4n) is 1.26. The molecule has 84 valence electrons. The lowest BCUT2D eigenvalue weighted by Gasteiger charge is -2.14. The molecule has 0 aliphatic carbocycles. The van der Waals surface area contributed by atoms with Gasteiger partial charge in [0.15, 0.2) is 0 Å². The van der Waals surface area contributed by atoms with Gasteiger partial charge in [0.25, 0.3) is 0 Å². The second-order valence-electron chi connectivity index (χ2n) is 2.83. The zero-order chi connectivity index (χ0) is 11.4. The SMILES string of the molecule is COc1cc(=O)oc(CO)c1[C@H](O)CO. The molecule has 0 saturated heterocycles. The van der Waals surface area contributed by atoms with E-state index in [1.807, 2.05) is 0 Å². The molecule has 0 saturated carbocycles. The summed E-state index contributed by atoms with van der Waals surface area (Å²) in [6.45, 7) is -1.12. The quantitative estimate of drug-likeness (QED) is 0.607. The molecule has 0 aromatic carbocycles. The number of aliphatic hydroxyl groups excluding tert-OH is 3. The van der Waals surface area contributed by atoms with Gasteiger partial charge < -0.3 is 24.5 Å². The van der Waals surface area contributed by atoms with E-state index in [0.29, 0.717) is 0 Å². The summed E-state index contributed by atoms with van der Waals surface area (Å²) in [5, 5.41) is 27.2. The second-order valence-corrected chi connectivity index (χ2v) is 2.83. The Kier molecular flexibility index (Phi) is 3.84. The highest BCUT2D eigenvalue weighted by Crippen LogP contribution is 2.26. The first-order chi connectivity index (χ1) is 7.13. The van der Waals surface area contributed by atoms with Gasteiger partial charge in [-0.3, -0.25) is 0 Å². The van der Waals surface area contributed by atoms with Crippen molar-refractivity contribution in [1.82, 2.24) is 0 Å². The van der Waals surface area contributed by atoms with Crippen molar-refractivity contribution >= 4 is 0 Å². The molecule has 0 aliphatic rings. The molecular formula is C9H12O6. The average Bonchev–Trinajstić information content (AvgIpc) is 2.26. The summed E-state index contributed by atoms with van der Waals surface area (Å²) >= 11 is 0. The Morgan fingerprint density at radius 3 is 2.67 bits per heavy atom. The monoisotopic (exact) mass is 216 g/mol. The van der Waals surface area contributed by atoms with E-state index in [0.717, 1.165) is 6.07 Å². The van der Waals surface area contributed by atoms with Gasteiger partial charge in [0.05, 0.1) is 25.3 Å². The van der Waals surface area contributed by atoms with Crippen LogP contribution >= 0.6 is 0 Å². The summed E-state index contributed by atoms with van der Waals surface area (Å²) in [5.41, 5.74) is -0.605. The molecule has 6 heteroatoms. The Morgan fingerprint density at radius 1 is 1.53 bits per heavy atom. The molecular weight excluding hydrogens is 204 g/mol. The van der Waals surface area contributed by atoms with Crippen LogP contribution in [0.1, 0.15) is 17.4 Å². The summed E-state index contributed by atoms with van der Waals surface area (Å²) in [7, 11) is 1.31. The number of methoxy groups -OCH3 is 1. The molecule has 0 aliphatic heterocycles. The Labute approximate surface area is 85.4 Å². The van der Waals surface area contributed by atoms with Crippen LogP contribution in [0.25, 0.3) is 0 Å². The van der Waals surface area contributed by atoms with Crippen molar-refractivity contribution in [3.05, 3.63) is 27.8 Å². The third kappa shape index (κ3) is 2.35. The van der Waals surface area contributed by atoms with E-state index in [1.54, 1.807) is 0 Å². The maximum atomic E-state index is 11.0. The lowest BCUT2D eigenvalue weighted by molar-refractivity contribution is 0.0870. The average molecular weight is 216 g/mol. The van der Waals surface area contributed by atoms with Crippen LogP contribution in [0.2, 0.25) is 0 Å². The van der Waals surface area contributed by atoms with E-state index in [-0.39, 0.29) is 17.1 Å². The molecule has 0 bridgehead atoms. The fraction of sp³-hybridized carbons (Fsp3) is 0.444. The summed E-state index contributed by atoms with van der Waals surface area (Å²) in [4.78, 5) is 11.0. The van der Waals surface area contributed by atoms with Crippen molar-refractivity contribution in [3.63, 3.8) is 0 Å². The molecule has 15 heavy (non-hydrogen) atoms. The van der Waals surface area contributed by atoms with Crippen LogP contribution in [0, 0.1) is 0 Å². The van der Waals surface area contributed by atoms with Crippen molar-refractivity contribution in [2.45, 2.75) is 12.7 Å². The van der Waals surface area contributed by atoms with Gasteiger partial charge in [-0.15, -0.1) is 0 Å². The van der Waals surface area contributed by atoms with Gasteiger partial charge in [-0.05, 0) is 0 Å². The summed E-state index contributed by atoms with van der Waals surface area (Å²) in [6, 6.07) is 1.04. The summed E-state index contributed by atoms with van der Waals surface area (Å²) in [6.07, 6.45) is -1.26. The highest BCUT2D eigenvalue weighted by molar-refractivity contribution is 5.35. The van der Waals surface area contributed by atoms with E-state index < -0.39 is 24.9 Å². The van der Waals surface area contributed by atoms with Gasteiger partial charge in [0, 0.05) is 0 Å². The fourth-order valence-corrected chi connectivity index (χ4v) is 1.26. The summed E-state index contributed by atoms with van der Waals surface area (Å²) < 4.78 is 9.52. The van der Waals surface area contributed by atoms with Crippen molar-refractivity contribution in [1.29, 1.82) is 0 Å². The number of rotatable bonds is 4. The predicted molar refractivity (Wildman–Crippen MR) is 49.5 cm³/mol. The maximum absolute atomic E-state index is 11.0. The van der Waals surface area contributed by atoms with Crippen molar-refractivity contribution in [2.75, 3.05) is 13.7 Å². The first-order valence-corrected chi connectivity index (χ1v) is 4.24. The normalized spacial score (nSPS) is 12.5. The minimum absolute atomic E-state index is 0.0804. The maximum Gasteiger partial charge on any atom is 0.339 e. The predicted octanol–water partition coefficient (Wildman–Crippen LogP) is -0.834. The molecule has 0 unspecified atom stereocenters. The lowest BCUT2D eigenvalue weighted by Crippen LogP contribution is -2.12. The molecule has 6 nitrogen and oxygen atoms in total.